The van der Waals surface area contributed by atoms with Gasteiger partial charge in [-0.1, -0.05) is 12.1 Å². The highest BCUT2D eigenvalue weighted by molar-refractivity contribution is 7.09. The lowest BCUT2D eigenvalue weighted by atomic mass is 10.2. The van der Waals surface area contributed by atoms with Gasteiger partial charge in [-0.05, 0) is 49.4 Å². The van der Waals surface area contributed by atoms with E-state index in [-0.39, 0.29) is 12.5 Å². The van der Waals surface area contributed by atoms with Gasteiger partial charge >= 0.3 is 0 Å². The third kappa shape index (κ3) is 8.03. The largest absolute Gasteiger partial charge is 0.493 e. The van der Waals surface area contributed by atoms with Crippen LogP contribution < -0.4 is 25.4 Å². The smallest absolute Gasteiger partial charge is 0.257 e. The summed E-state index contributed by atoms with van der Waals surface area (Å²) in [4.78, 5) is 17.6. The van der Waals surface area contributed by atoms with Crippen LogP contribution in [0.15, 0.2) is 40.7 Å². The van der Waals surface area contributed by atoms with Crippen molar-refractivity contribution < 1.29 is 14.3 Å². The number of carbonyl (C=O) groups is 1. The van der Waals surface area contributed by atoms with Gasteiger partial charge in [-0.3, -0.25) is 4.79 Å². The standard InChI is InChI=1S/C21H30N4O3S/c1-4-22-20(26)15-28-18-9-8-16(13-19(18)27-3)14-25-21(23-5-2)24-11-10-17-7-6-12-29-17/h6-9,12-13H,4-5,10-11,14-15H2,1-3H3,(H,22,26)(H2,23,24,25). The van der Waals surface area contributed by atoms with Crippen molar-refractivity contribution in [2.24, 2.45) is 4.99 Å². The number of methoxy groups -OCH3 is 1. The lowest BCUT2D eigenvalue weighted by Crippen LogP contribution is -2.38. The van der Waals surface area contributed by atoms with Crippen LogP contribution in [0.1, 0.15) is 24.3 Å². The summed E-state index contributed by atoms with van der Waals surface area (Å²) in [6.45, 7) is 6.56. The molecule has 0 spiro atoms. The fraction of sp³-hybridized carbons (Fsp3) is 0.429. The molecule has 7 nitrogen and oxygen atoms in total. The van der Waals surface area contributed by atoms with E-state index in [4.69, 9.17) is 9.47 Å². The van der Waals surface area contributed by atoms with Crippen molar-refractivity contribution in [1.29, 1.82) is 0 Å². The summed E-state index contributed by atoms with van der Waals surface area (Å²) in [5.41, 5.74) is 0.989. The zero-order valence-electron chi connectivity index (χ0n) is 17.3. The summed E-state index contributed by atoms with van der Waals surface area (Å²) in [5, 5.41) is 11.4. The summed E-state index contributed by atoms with van der Waals surface area (Å²) < 4.78 is 11.0. The van der Waals surface area contributed by atoms with Gasteiger partial charge in [0.15, 0.2) is 24.1 Å². The molecule has 0 saturated carbocycles. The minimum absolute atomic E-state index is 0.0412. The van der Waals surface area contributed by atoms with Crippen molar-refractivity contribution in [3.8, 4) is 11.5 Å². The third-order valence-corrected chi connectivity index (χ3v) is 4.90. The van der Waals surface area contributed by atoms with Crippen LogP contribution in [-0.4, -0.2) is 45.2 Å². The van der Waals surface area contributed by atoms with Crippen molar-refractivity contribution in [1.82, 2.24) is 16.0 Å². The Labute approximate surface area is 176 Å². The molecule has 0 aliphatic heterocycles. The molecule has 0 aliphatic carbocycles. The number of hydrogen-bond acceptors (Lipinski definition) is 5. The van der Waals surface area contributed by atoms with Crippen LogP contribution in [0.4, 0.5) is 0 Å². The van der Waals surface area contributed by atoms with Crippen LogP contribution in [0, 0.1) is 0 Å². The van der Waals surface area contributed by atoms with Gasteiger partial charge in [-0.25, -0.2) is 4.99 Å². The number of rotatable bonds is 11. The minimum atomic E-state index is -0.160. The van der Waals surface area contributed by atoms with E-state index in [0.717, 1.165) is 31.0 Å². The van der Waals surface area contributed by atoms with E-state index in [1.807, 2.05) is 26.0 Å². The van der Waals surface area contributed by atoms with E-state index < -0.39 is 0 Å². The summed E-state index contributed by atoms with van der Waals surface area (Å²) in [7, 11) is 1.58. The van der Waals surface area contributed by atoms with Crippen molar-refractivity contribution in [3.63, 3.8) is 0 Å². The highest BCUT2D eigenvalue weighted by Crippen LogP contribution is 2.28. The molecule has 3 N–H and O–H groups in total. The van der Waals surface area contributed by atoms with E-state index in [1.165, 1.54) is 4.88 Å². The first-order valence-electron chi connectivity index (χ1n) is 9.77. The lowest BCUT2D eigenvalue weighted by Gasteiger charge is -2.13. The predicted octanol–water partition coefficient (Wildman–Crippen LogP) is 2.57. The molecule has 1 amide bonds. The van der Waals surface area contributed by atoms with Crippen LogP contribution >= 0.6 is 11.3 Å². The van der Waals surface area contributed by atoms with Gasteiger partial charge < -0.3 is 25.4 Å². The van der Waals surface area contributed by atoms with Gasteiger partial charge in [0.1, 0.15) is 0 Å². The summed E-state index contributed by atoms with van der Waals surface area (Å²) in [5.74, 6) is 1.73. The number of carbonyl (C=O) groups excluding carboxylic acids is 1. The van der Waals surface area contributed by atoms with Crippen LogP contribution in [0.25, 0.3) is 0 Å². The molecule has 29 heavy (non-hydrogen) atoms. The number of nitrogens with zero attached hydrogens (tertiary/aromatic N) is 1. The first-order chi connectivity index (χ1) is 14.2. The highest BCUT2D eigenvalue weighted by atomic mass is 32.1. The van der Waals surface area contributed by atoms with Gasteiger partial charge in [0, 0.05) is 24.5 Å². The molecule has 0 unspecified atom stereocenters. The molecule has 2 rings (SSSR count). The van der Waals surface area contributed by atoms with Crippen LogP contribution in [0.5, 0.6) is 11.5 Å². The van der Waals surface area contributed by atoms with Crippen molar-refractivity contribution >= 4 is 23.2 Å². The average Bonchev–Trinajstić information content (AvgIpc) is 3.24. The number of amides is 1. The molecule has 158 valence electrons. The zero-order chi connectivity index (χ0) is 20.9. The summed E-state index contributed by atoms with van der Waals surface area (Å²) in [6, 6.07) is 9.81. The fourth-order valence-corrected chi connectivity index (χ4v) is 3.30. The lowest BCUT2D eigenvalue weighted by molar-refractivity contribution is -0.123. The molecule has 1 heterocycles. The number of thiophene rings is 1. The minimum Gasteiger partial charge on any atom is -0.493 e. The molecule has 1 aromatic carbocycles. The summed E-state index contributed by atoms with van der Waals surface area (Å²) in [6.07, 6.45) is 0.966. The second-order valence-corrected chi connectivity index (χ2v) is 7.21. The van der Waals surface area contributed by atoms with Gasteiger partial charge in [-0.2, -0.15) is 0 Å². The quantitative estimate of drug-likeness (QED) is 0.386. The van der Waals surface area contributed by atoms with Crippen molar-refractivity contribution in [3.05, 3.63) is 46.2 Å². The van der Waals surface area contributed by atoms with Crippen LogP contribution in [-0.2, 0) is 17.8 Å². The Morgan fingerprint density at radius 2 is 1.93 bits per heavy atom. The highest BCUT2D eigenvalue weighted by Gasteiger charge is 2.08. The summed E-state index contributed by atoms with van der Waals surface area (Å²) >= 11 is 1.76. The first kappa shape index (κ1) is 22.5. The van der Waals surface area contributed by atoms with Crippen LogP contribution in [0.3, 0.4) is 0 Å². The molecule has 0 saturated heterocycles. The maximum Gasteiger partial charge on any atom is 0.257 e. The average molecular weight is 419 g/mol. The molecule has 0 fully saturated rings. The molecule has 0 bridgehead atoms. The van der Waals surface area contributed by atoms with E-state index >= 15 is 0 Å². The second kappa shape index (κ2) is 12.7. The van der Waals surface area contributed by atoms with E-state index in [0.29, 0.717) is 24.6 Å². The second-order valence-electron chi connectivity index (χ2n) is 6.18. The molecule has 0 atom stereocenters. The molecule has 0 aliphatic rings. The molecular formula is C21H30N4O3S. The van der Waals surface area contributed by atoms with E-state index in [9.17, 15) is 4.79 Å². The predicted molar refractivity (Wildman–Crippen MR) is 118 cm³/mol. The molecule has 8 heteroatoms. The normalized spacial score (nSPS) is 11.1. The Bertz CT molecular complexity index is 778. The van der Waals surface area contributed by atoms with Crippen LogP contribution in [0.2, 0.25) is 0 Å². The Balaban J connectivity index is 1.93. The number of likely N-dealkylation sites (N-methyl/N-ethyl adjacent to an activating group) is 1. The molecule has 1 aromatic heterocycles. The number of benzene rings is 1. The SMILES string of the molecule is CCNC(=O)COc1ccc(CN=C(NCC)NCCc2cccs2)cc1OC. The molecule has 0 radical (unpaired) electrons. The van der Waals surface area contributed by atoms with E-state index in [1.54, 1.807) is 24.5 Å². The Hall–Kier alpha value is -2.74. The maximum absolute atomic E-state index is 11.6. The molecular weight excluding hydrogens is 388 g/mol. The maximum atomic E-state index is 11.6. The molecule has 2 aromatic rings. The zero-order valence-corrected chi connectivity index (χ0v) is 18.1. The number of hydrogen-bond donors (Lipinski definition) is 3. The number of nitrogens with one attached hydrogen (secondary N) is 3. The van der Waals surface area contributed by atoms with Gasteiger partial charge in [-0.15, -0.1) is 11.3 Å². The number of aliphatic imine (C=N–C) groups is 1. The monoisotopic (exact) mass is 418 g/mol. The topological polar surface area (TPSA) is 84.0 Å². The van der Waals surface area contributed by atoms with Crippen molar-refractivity contribution in [2.45, 2.75) is 26.8 Å². The van der Waals surface area contributed by atoms with Gasteiger partial charge in [0.2, 0.25) is 0 Å². The van der Waals surface area contributed by atoms with Crippen molar-refractivity contribution in [2.75, 3.05) is 33.4 Å². The van der Waals surface area contributed by atoms with Gasteiger partial charge in [0.25, 0.3) is 5.91 Å². The number of ether oxygens (including phenoxy) is 2. The Kier molecular flexibility index (Phi) is 9.85. The number of guanidine groups is 1. The first-order valence-corrected chi connectivity index (χ1v) is 10.6. The third-order valence-electron chi connectivity index (χ3n) is 3.97. The van der Waals surface area contributed by atoms with E-state index in [2.05, 4.69) is 38.5 Å². The fourth-order valence-electron chi connectivity index (χ4n) is 2.59. The Morgan fingerprint density at radius 1 is 1.10 bits per heavy atom. The van der Waals surface area contributed by atoms with Gasteiger partial charge in [0.05, 0.1) is 13.7 Å². The Morgan fingerprint density at radius 3 is 2.62 bits per heavy atom.